The molecule has 0 aliphatic carbocycles. The maximum Gasteiger partial charge on any atom is 0.293 e. The van der Waals surface area contributed by atoms with Crippen molar-refractivity contribution in [3.05, 3.63) is 87.2 Å². The molecule has 2 amide bonds. The number of imide groups is 1. The number of carbonyl (C=O) groups is 2. The van der Waals surface area contributed by atoms with E-state index in [4.69, 9.17) is 23.2 Å². The first-order chi connectivity index (χ1) is 15.9. The summed E-state index contributed by atoms with van der Waals surface area (Å²) in [5.41, 5.74) is 2.61. The van der Waals surface area contributed by atoms with Gasteiger partial charge in [-0.1, -0.05) is 53.5 Å². The van der Waals surface area contributed by atoms with Gasteiger partial charge in [0.1, 0.15) is 0 Å². The highest BCUT2D eigenvalue weighted by Crippen LogP contribution is 2.34. The number of carbonyl (C=O) groups excluding carboxylic acids is 2. The van der Waals surface area contributed by atoms with Gasteiger partial charge in [-0.2, -0.15) is 0 Å². The highest BCUT2D eigenvalue weighted by Gasteiger charge is 2.36. The Kier molecular flexibility index (Phi) is 5.93. The minimum atomic E-state index is -0.959. The molecular weight excluding hydrogens is 479 g/mol. The lowest BCUT2D eigenvalue weighted by molar-refractivity contribution is -0.123. The molecule has 1 aromatic heterocycles. The Morgan fingerprint density at radius 3 is 2.09 bits per heavy atom. The molecule has 5 rings (SSSR count). The number of thioether (sulfide) groups is 1. The highest BCUT2D eigenvalue weighted by atomic mass is 35.5. The molecule has 2 heterocycles. The van der Waals surface area contributed by atoms with Crippen LogP contribution < -0.4 is 0 Å². The van der Waals surface area contributed by atoms with E-state index in [0.717, 1.165) is 44.0 Å². The fourth-order valence-electron chi connectivity index (χ4n) is 4.08. The largest absolute Gasteiger partial charge is 0.389 e. The van der Waals surface area contributed by atoms with Crippen LogP contribution in [-0.2, 0) is 11.3 Å². The van der Waals surface area contributed by atoms with Gasteiger partial charge in [-0.25, -0.2) is 0 Å². The van der Waals surface area contributed by atoms with Crippen LogP contribution in [0.5, 0.6) is 0 Å². The van der Waals surface area contributed by atoms with Gasteiger partial charge in [-0.15, -0.1) is 0 Å². The minimum absolute atomic E-state index is 0.0981. The summed E-state index contributed by atoms with van der Waals surface area (Å²) in [7, 11) is 0. The van der Waals surface area contributed by atoms with Crippen LogP contribution in [0.25, 0.3) is 27.9 Å². The van der Waals surface area contributed by atoms with Crippen molar-refractivity contribution in [3.63, 3.8) is 0 Å². The molecule has 0 spiro atoms. The number of halogens is 2. The fourth-order valence-corrected chi connectivity index (χ4v) is 5.27. The van der Waals surface area contributed by atoms with Crippen LogP contribution in [0.15, 0.2) is 71.6 Å². The second-order valence-corrected chi connectivity index (χ2v) is 9.66. The number of rotatable bonds is 5. The predicted molar refractivity (Wildman–Crippen MR) is 135 cm³/mol. The lowest BCUT2D eigenvalue weighted by atomic mass is 10.1. The smallest absolute Gasteiger partial charge is 0.293 e. The standard InChI is InChI=1S/C25H18Cl2N2O3S/c26-16-6-8-21-19(11-16)20-12-17(27)7-9-22(20)28(21)13-18(30)14-29-24(31)23(33-25(29)32)10-15-4-2-1-3-5-15/h1-12,18,30H,13-14H2/b23-10-/t18-/m0/s1. The SMILES string of the molecule is O=C1S/C(=C\c2ccccc2)C(=O)N1C[C@@H](O)Cn1c2ccc(Cl)cc2c2cc(Cl)ccc21. The summed E-state index contributed by atoms with van der Waals surface area (Å²) in [6, 6.07) is 20.4. The average Bonchev–Trinajstić information content (AvgIpc) is 3.22. The van der Waals surface area contributed by atoms with Crippen molar-refractivity contribution in [1.82, 2.24) is 9.47 Å². The van der Waals surface area contributed by atoms with Crippen molar-refractivity contribution in [3.8, 4) is 0 Å². The second-order valence-electron chi connectivity index (χ2n) is 7.79. The maximum absolute atomic E-state index is 12.8. The van der Waals surface area contributed by atoms with E-state index in [0.29, 0.717) is 15.0 Å². The Labute approximate surface area is 204 Å². The van der Waals surface area contributed by atoms with Crippen LogP contribution >= 0.6 is 35.0 Å². The molecule has 1 aliphatic heterocycles. The number of β-amino-alcohol motifs (C(OH)–C–C–N with tert-alkyl or cyclic N) is 1. The lowest BCUT2D eigenvalue weighted by Gasteiger charge is -2.19. The first-order valence-corrected chi connectivity index (χ1v) is 11.8. The van der Waals surface area contributed by atoms with Gasteiger partial charge in [-0.05, 0) is 59.8 Å². The van der Waals surface area contributed by atoms with E-state index >= 15 is 0 Å². The summed E-state index contributed by atoms with van der Waals surface area (Å²) < 4.78 is 1.96. The van der Waals surface area contributed by atoms with Crippen LogP contribution in [0, 0.1) is 0 Å². The number of aromatic nitrogens is 1. The summed E-state index contributed by atoms with van der Waals surface area (Å²) in [6.07, 6.45) is 0.734. The number of benzene rings is 3. The second kappa shape index (κ2) is 8.88. The quantitative estimate of drug-likeness (QED) is 0.334. The summed E-state index contributed by atoms with van der Waals surface area (Å²) >= 11 is 13.3. The Morgan fingerprint density at radius 2 is 1.48 bits per heavy atom. The molecule has 33 heavy (non-hydrogen) atoms. The molecule has 1 fully saturated rings. The fraction of sp³-hybridized carbons (Fsp3) is 0.120. The molecule has 0 saturated carbocycles. The molecule has 4 aromatic rings. The topological polar surface area (TPSA) is 62.5 Å². The normalized spacial score (nSPS) is 16.5. The van der Waals surface area contributed by atoms with Crippen LogP contribution in [0.3, 0.4) is 0 Å². The van der Waals surface area contributed by atoms with Crippen LogP contribution in [-0.4, -0.2) is 38.4 Å². The molecule has 5 nitrogen and oxygen atoms in total. The zero-order chi connectivity index (χ0) is 23.1. The lowest BCUT2D eigenvalue weighted by Crippen LogP contribution is -2.37. The van der Waals surface area contributed by atoms with Crippen molar-refractivity contribution in [1.29, 1.82) is 0 Å². The number of aliphatic hydroxyl groups excluding tert-OH is 1. The van der Waals surface area contributed by atoms with Crippen molar-refractivity contribution in [2.75, 3.05) is 6.54 Å². The first-order valence-electron chi connectivity index (χ1n) is 10.3. The molecule has 1 aliphatic rings. The van der Waals surface area contributed by atoms with Crippen LogP contribution in [0.1, 0.15) is 5.56 Å². The molecular formula is C25H18Cl2N2O3S. The molecule has 1 N–H and O–H groups in total. The van der Waals surface area contributed by atoms with E-state index in [1.54, 1.807) is 18.2 Å². The predicted octanol–water partition coefficient (Wildman–Crippen LogP) is 6.20. The van der Waals surface area contributed by atoms with E-state index < -0.39 is 12.0 Å². The molecule has 1 atom stereocenters. The molecule has 1 saturated heterocycles. The number of hydrogen-bond acceptors (Lipinski definition) is 4. The first kappa shape index (κ1) is 22.0. The number of amides is 2. The molecule has 8 heteroatoms. The Hall–Kier alpha value is -2.77. The maximum atomic E-state index is 12.8. The zero-order valence-corrected chi connectivity index (χ0v) is 19.6. The van der Waals surface area contributed by atoms with Gasteiger partial charge < -0.3 is 9.67 Å². The van der Waals surface area contributed by atoms with Gasteiger partial charge in [0.2, 0.25) is 0 Å². The van der Waals surface area contributed by atoms with Crippen LogP contribution in [0.2, 0.25) is 10.0 Å². The third-order valence-electron chi connectivity index (χ3n) is 5.55. The number of fused-ring (bicyclic) bond motifs is 3. The van der Waals surface area contributed by atoms with E-state index in [2.05, 4.69) is 0 Å². The molecule has 0 unspecified atom stereocenters. The molecule has 3 aromatic carbocycles. The van der Waals surface area contributed by atoms with E-state index in [1.165, 1.54) is 0 Å². The highest BCUT2D eigenvalue weighted by molar-refractivity contribution is 8.18. The van der Waals surface area contributed by atoms with Crippen molar-refractivity contribution in [2.45, 2.75) is 12.6 Å². The Bertz CT molecular complexity index is 1370. The minimum Gasteiger partial charge on any atom is -0.389 e. The third-order valence-corrected chi connectivity index (χ3v) is 6.92. The molecule has 0 radical (unpaired) electrons. The molecule has 0 bridgehead atoms. The summed E-state index contributed by atoms with van der Waals surface area (Å²) in [6.45, 7) is 0.0991. The summed E-state index contributed by atoms with van der Waals surface area (Å²) in [5, 5.41) is 13.5. The summed E-state index contributed by atoms with van der Waals surface area (Å²) in [5.74, 6) is -0.395. The Morgan fingerprint density at radius 1 is 0.879 bits per heavy atom. The monoisotopic (exact) mass is 496 g/mol. The van der Waals surface area contributed by atoms with Gasteiger partial charge in [-0.3, -0.25) is 14.5 Å². The van der Waals surface area contributed by atoms with Crippen molar-refractivity contribution in [2.24, 2.45) is 0 Å². The number of nitrogens with zero attached hydrogens (tertiary/aromatic N) is 2. The van der Waals surface area contributed by atoms with Crippen molar-refractivity contribution >= 4 is 74.0 Å². The third kappa shape index (κ3) is 4.27. The average molecular weight is 497 g/mol. The van der Waals surface area contributed by atoms with E-state index in [-0.39, 0.29) is 18.3 Å². The van der Waals surface area contributed by atoms with Gasteiger partial charge in [0.25, 0.3) is 11.1 Å². The van der Waals surface area contributed by atoms with Gasteiger partial charge in [0, 0.05) is 31.9 Å². The van der Waals surface area contributed by atoms with E-state index in [9.17, 15) is 14.7 Å². The van der Waals surface area contributed by atoms with E-state index in [1.807, 2.05) is 59.2 Å². The van der Waals surface area contributed by atoms with Gasteiger partial charge >= 0.3 is 0 Å². The van der Waals surface area contributed by atoms with Crippen LogP contribution in [0.4, 0.5) is 4.79 Å². The van der Waals surface area contributed by atoms with Gasteiger partial charge in [0.15, 0.2) is 0 Å². The number of aliphatic hydroxyl groups is 1. The summed E-state index contributed by atoms with van der Waals surface area (Å²) in [4.78, 5) is 26.8. The number of hydrogen-bond donors (Lipinski definition) is 1. The molecule has 166 valence electrons. The van der Waals surface area contributed by atoms with Gasteiger partial charge in [0.05, 0.1) is 24.1 Å². The zero-order valence-electron chi connectivity index (χ0n) is 17.2. The van der Waals surface area contributed by atoms with Crippen molar-refractivity contribution < 1.29 is 14.7 Å². The Balaban J connectivity index is 1.41.